The van der Waals surface area contributed by atoms with Gasteiger partial charge >= 0.3 is 5.97 Å². The fraction of sp³-hybridized carbons (Fsp3) is 0.389. The van der Waals surface area contributed by atoms with E-state index in [-0.39, 0.29) is 18.1 Å². The molecule has 0 amide bonds. The summed E-state index contributed by atoms with van der Waals surface area (Å²) in [5, 5.41) is 3.19. The number of carbonyl (C=O) groups excluding carboxylic acids is 1. The Hall–Kier alpha value is -2.27. The first kappa shape index (κ1) is 17.1. The maximum Gasteiger partial charge on any atom is 0.354 e. The van der Waals surface area contributed by atoms with Crippen molar-refractivity contribution in [1.29, 1.82) is 0 Å². The molecule has 124 valence electrons. The summed E-state index contributed by atoms with van der Waals surface area (Å²) in [5.74, 6) is 0.453. The van der Waals surface area contributed by atoms with E-state index in [2.05, 4.69) is 5.32 Å². The van der Waals surface area contributed by atoms with Crippen LogP contribution in [-0.4, -0.2) is 32.4 Å². The van der Waals surface area contributed by atoms with Crippen LogP contribution in [0.5, 0.6) is 5.75 Å². The monoisotopic (exact) mass is 317 g/mol. The molecule has 1 aliphatic heterocycles. The molecule has 1 aromatic carbocycles. The summed E-state index contributed by atoms with van der Waals surface area (Å²) in [6, 6.07) is 7.69. The van der Waals surface area contributed by atoms with Crippen LogP contribution in [0, 0.1) is 0 Å². The highest BCUT2D eigenvalue weighted by molar-refractivity contribution is 5.88. The molecule has 0 fully saturated rings. The van der Waals surface area contributed by atoms with Crippen LogP contribution in [0.25, 0.3) is 0 Å². The second kappa shape index (κ2) is 8.39. The first-order valence-electron chi connectivity index (χ1n) is 7.68. The Kier molecular flexibility index (Phi) is 6.23. The molecule has 0 spiro atoms. The van der Waals surface area contributed by atoms with Crippen LogP contribution in [0.2, 0.25) is 0 Å². The number of rotatable bonds is 7. The molecule has 0 aliphatic carbocycles. The number of hydrogen-bond acceptors (Lipinski definition) is 5. The normalized spacial score (nSPS) is 16.7. The third-order valence-electron chi connectivity index (χ3n) is 3.24. The van der Waals surface area contributed by atoms with E-state index in [1.54, 1.807) is 13.2 Å². The molecule has 1 aromatic rings. The van der Waals surface area contributed by atoms with Crippen molar-refractivity contribution in [2.45, 2.75) is 26.0 Å². The van der Waals surface area contributed by atoms with Crippen molar-refractivity contribution >= 4 is 5.97 Å². The van der Waals surface area contributed by atoms with Gasteiger partial charge in [-0.3, -0.25) is 0 Å². The number of benzene rings is 1. The lowest BCUT2D eigenvalue weighted by Crippen LogP contribution is -2.28. The molecular formula is C18H23NO4. The molecular weight excluding hydrogens is 294 g/mol. The largest absolute Gasteiger partial charge is 0.491 e. The van der Waals surface area contributed by atoms with E-state index in [9.17, 15) is 4.79 Å². The third kappa shape index (κ3) is 5.14. The maximum atomic E-state index is 12.0. The fourth-order valence-electron chi connectivity index (χ4n) is 2.14. The molecule has 2 rings (SSSR count). The summed E-state index contributed by atoms with van der Waals surface area (Å²) < 4.78 is 15.7. The van der Waals surface area contributed by atoms with Gasteiger partial charge in [-0.15, -0.1) is 0 Å². The Morgan fingerprint density at radius 1 is 1.22 bits per heavy atom. The van der Waals surface area contributed by atoms with E-state index >= 15 is 0 Å². The summed E-state index contributed by atoms with van der Waals surface area (Å²) >= 11 is 0. The van der Waals surface area contributed by atoms with Gasteiger partial charge in [0.2, 0.25) is 0 Å². The van der Waals surface area contributed by atoms with E-state index in [4.69, 9.17) is 14.2 Å². The summed E-state index contributed by atoms with van der Waals surface area (Å²) in [6.07, 6.45) is 5.44. The van der Waals surface area contributed by atoms with Crippen LogP contribution in [0.1, 0.15) is 25.5 Å². The minimum atomic E-state index is -0.339. The number of dihydropyridines is 1. The number of nitrogens with one attached hydrogen (secondary N) is 1. The van der Waals surface area contributed by atoms with Crippen LogP contribution in [0.3, 0.4) is 0 Å². The first-order chi connectivity index (χ1) is 11.1. The average molecular weight is 317 g/mol. The van der Waals surface area contributed by atoms with Gasteiger partial charge in [0, 0.05) is 7.11 Å². The fourth-order valence-corrected chi connectivity index (χ4v) is 2.14. The van der Waals surface area contributed by atoms with E-state index in [1.165, 1.54) is 0 Å². The van der Waals surface area contributed by atoms with E-state index in [1.807, 2.05) is 50.3 Å². The van der Waals surface area contributed by atoms with Crippen LogP contribution >= 0.6 is 0 Å². The molecule has 1 atom stereocenters. The minimum Gasteiger partial charge on any atom is -0.491 e. The quantitative estimate of drug-likeness (QED) is 0.619. The second-order valence-corrected chi connectivity index (χ2v) is 5.45. The number of esters is 1. The van der Waals surface area contributed by atoms with Crippen LogP contribution in [0.4, 0.5) is 0 Å². The number of ether oxygens (including phenoxy) is 3. The van der Waals surface area contributed by atoms with Gasteiger partial charge in [-0.1, -0.05) is 24.3 Å². The van der Waals surface area contributed by atoms with Crippen molar-refractivity contribution in [2.75, 3.05) is 20.3 Å². The highest BCUT2D eigenvalue weighted by atomic mass is 16.5. The van der Waals surface area contributed by atoms with Gasteiger partial charge in [0.05, 0.1) is 18.8 Å². The molecule has 1 aliphatic rings. The highest BCUT2D eigenvalue weighted by Gasteiger charge is 2.19. The van der Waals surface area contributed by atoms with Crippen molar-refractivity contribution in [1.82, 2.24) is 5.32 Å². The Bertz CT molecular complexity index is 575. The van der Waals surface area contributed by atoms with Crippen molar-refractivity contribution in [3.63, 3.8) is 0 Å². The Morgan fingerprint density at radius 2 is 1.96 bits per heavy atom. The van der Waals surface area contributed by atoms with E-state index in [0.29, 0.717) is 18.9 Å². The second-order valence-electron chi connectivity index (χ2n) is 5.45. The molecule has 1 N–H and O–H groups in total. The molecule has 0 saturated carbocycles. The van der Waals surface area contributed by atoms with Crippen molar-refractivity contribution in [2.24, 2.45) is 0 Å². The van der Waals surface area contributed by atoms with E-state index in [0.717, 1.165) is 11.3 Å². The van der Waals surface area contributed by atoms with E-state index < -0.39 is 0 Å². The summed E-state index contributed by atoms with van der Waals surface area (Å²) in [7, 11) is 1.64. The topological polar surface area (TPSA) is 56.8 Å². The van der Waals surface area contributed by atoms with Crippen LogP contribution in [-0.2, 0) is 14.3 Å². The lowest BCUT2D eigenvalue weighted by Gasteiger charge is -2.22. The lowest BCUT2D eigenvalue weighted by molar-refractivity contribution is -0.143. The standard InChI is InChI=1S/C18H23NO4/c1-13(2)23-18(20)17-6-4-5-16(19-17)14-7-9-15(10-8-14)22-12-11-21-3/h4-10,13,16,19H,11-12H2,1-3H3. The Morgan fingerprint density at radius 3 is 2.61 bits per heavy atom. The van der Waals surface area contributed by atoms with Gasteiger partial charge in [0.15, 0.2) is 0 Å². The highest BCUT2D eigenvalue weighted by Crippen LogP contribution is 2.22. The van der Waals surface area contributed by atoms with Gasteiger partial charge < -0.3 is 19.5 Å². The Labute approximate surface area is 136 Å². The molecule has 1 heterocycles. The smallest absolute Gasteiger partial charge is 0.354 e. The molecule has 0 bridgehead atoms. The summed E-state index contributed by atoms with van der Waals surface area (Å²) in [5.41, 5.74) is 1.51. The SMILES string of the molecule is COCCOc1ccc(C2C=CC=C(C(=O)OC(C)C)N2)cc1. The zero-order valence-corrected chi connectivity index (χ0v) is 13.7. The van der Waals surface area contributed by atoms with Crippen LogP contribution in [0.15, 0.2) is 48.2 Å². The van der Waals surface area contributed by atoms with Crippen LogP contribution < -0.4 is 10.1 Å². The van der Waals surface area contributed by atoms with Gasteiger partial charge in [-0.25, -0.2) is 4.79 Å². The average Bonchev–Trinajstić information content (AvgIpc) is 2.55. The van der Waals surface area contributed by atoms with Crippen molar-refractivity contribution in [3.8, 4) is 5.75 Å². The van der Waals surface area contributed by atoms with Crippen molar-refractivity contribution in [3.05, 3.63) is 53.8 Å². The van der Waals surface area contributed by atoms with Crippen molar-refractivity contribution < 1.29 is 19.0 Å². The zero-order chi connectivity index (χ0) is 16.7. The molecule has 5 nitrogen and oxygen atoms in total. The molecule has 23 heavy (non-hydrogen) atoms. The lowest BCUT2D eigenvalue weighted by atomic mass is 10.0. The number of carbonyl (C=O) groups is 1. The Balaban J connectivity index is 1.96. The third-order valence-corrected chi connectivity index (χ3v) is 3.24. The number of methoxy groups -OCH3 is 1. The molecule has 0 saturated heterocycles. The first-order valence-corrected chi connectivity index (χ1v) is 7.68. The zero-order valence-electron chi connectivity index (χ0n) is 13.7. The molecule has 0 aromatic heterocycles. The van der Waals surface area contributed by atoms with Gasteiger partial charge in [0.1, 0.15) is 18.1 Å². The number of hydrogen-bond donors (Lipinski definition) is 1. The predicted molar refractivity (Wildman–Crippen MR) is 88.1 cm³/mol. The molecule has 0 radical (unpaired) electrons. The summed E-state index contributed by atoms with van der Waals surface area (Å²) in [6.45, 7) is 4.74. The predicted octanol–water partition coefficient (Wildman–Crippen LogP) is 2.75. The molecule has 1 unspecified atom stereocenters. The minimum absolute atomic E-state index is 0.0669. The number of allylic oxidation sites excluding steroid dienone is 2. The van der Waals surface area contributed by atoms with Gasteiger partial charge in [0.25, 0.3) is 0 Å². The molecule has 5 heteroatoms. The van der Waals surface area contributed by atoms with Gasteiger partial charge in [-0.05, 0) is 37.6 Å². The summed E-state index contributed by atoms with van der Waals surface area (Å²) in [4.78, 5) is 12.0. The maximum absolute atomic E-state index is 12.0. The van der Waals surface area contributed by atoms with Gasteiger partial charge in [-0.2, -0.15) is 0 Å².